The van der Waals surface area contributed by atoms with Crippen LogP contribution in [-0.2, 0) is 15.4 Å². The lowest BCUT2D eigenvalue weighted by Crippen LogP contribution is -2.41. The van der Waals surface area contributed by atoms with Gasteiger partial charge in [0.05, 0.1) is 0 Å². The maximum absolute atomic E-state index is 11.4. The van der Waals surface area contributed by atoms with Crippen LogP contribution in [0.5, 0.6) is 0 Å². The van der Waals surface area contributed by atoms with E-state index in [-0.39, 0.29) is 24.2 Å². The van der Waals surface area contributed by atoms with E-state index in [4.69, 9.17) is 9.25 Å². The largest absolute Gasteiger partial charge is 0.457 e. The van der Waals surface area contributed by atoms with Gasteiger partial charge in [0, 0.05) is 24.2 Å². The van der Waals surface area contributed by atoms with Crippen LogP contribution in [0.2, 0.25) is 0 Å². The molecule has 0 radical (unpaired) electrons. The summed E-state index contributed by atoms with van der Waals surface area (Å²) in [4.78, 5) is 11.4. The van der Waals surface area contributed by atoms with Crippen molar-refractivity contribution >= 4 is 7.94 Å². The van der Waals surface area contributed by atoms with Gasteiger partial charge < -0.3 is 0 Å². The second-order valence-electron chi connectivity index (χ2n) is 7.54. The van der Waals surface area contributed by atoms with Gasteiger partial charge in [-0.1, -0.05) is 39.6 Å². The lowest BCUT2D eigenvalue weighted by Gasteiger charge is -2.34. The van der Waals surface area contributed by atoms with Crippen LogP contribution in [0.15, 0.2) is 30.3 Å². The van der Waals surface area contributed by atoms with Gasteiger partial charge in [0.15, 0.2) is 6.16 Å². The van der Waals surface area contributed by atoms with Gasteiger partial charge in [-0.2, -0.15) is 4.89 Å². The molecule has 0 unspecified atom stereocenters. The van der Waals surface area contributed by atoms with Crippen molar-refractivity contribution < 1.29 is 14.1 Å². The van der Waals surface area contributed by atoms with E-state index in [9.17, 15) is 4.89 Å². The molecule has 0 bridgehead atoms. The van der Waals surface area contributed by atoms with Gasteiger partial charge >= 0.3 is 7.94 Å². The normalized spacial score (nSPS) is 13.2. The van der Waals surface area contributed by atoms with Crippen molar-refractivity contribution in [3.8, 4) is 0 Å². The minimum Gasteiger partial charge on any atom is -0.190 e. The van der Waals surface area contributed by atoms with E-state index in [1.54, 1.807) is 0 Å². The van der Waals surface area contributed by atoms with E-state index in [1.807, 2.05) is 40.5 Å². The molecule has 1 N–H and O–H groups in total. The standard InChI is InChI=1S/C19H36N2O3P/c1-15(2)20(16(3)4)23-25(22,14-19-12-10-9-11-13-19)24-21(17(5)6)18(7)8/h9-13,15-18,22H,14H2,1-8H3/q+1. The Hall–Kier alpha value is -0.550. The van der Waals surface area contributed by atoms with Gasteiger partial charge in [-0.05, 0) is 61.0 Å². The SMILES string of the molecule is CC(C)N(O[P+](O)(Cc1ccccc1)ON(C(C)C)C(C)C)C(C)C. The first-order valence-corrected chi connectivity index (χ1v) is 10.9. The van der Waals surface area contributed by atoms with E-state index in [1.165, 1.54) is 0 Å². The van der Waals surface area contributed by atoms with Crippen LogP contribution in [0.1, 0.15) is 61.0 Å². The number of hydrogen-bond acceptors (Lipinski definition) is 5. The maximum Gasteiger partial charge on any atom is 0.457 e. The molecule has 0 atom stereocenters. The molecule has 0 saturated carbocycles. The lowest BCUT2D eigenvalue weighted by molar-refractivity contribution is -0.179. The summed E-state index contributed by atoms with van der Waals surface area (Å²) in [7, 11) is -3.17. The minimum atomic E-state index is -3.17. The molecule has 0 aliphatic rings. The number of benzene rings is 1. The van der Waals surface area contributed by atoms with Crippen LogP contribution in [-0.4, -0.2) is 39.2 Å². The summed E-state index contributed by atoms with van der Waals surface area (Å²) >= 11 is 0. The van der Waals surface area contributed by atoms with E-state index in [2.05, 4.69) is 55.4 Å². The van der Waals surface area contributed by atoms with Crippen LogP contribution >= 0.6 is 7.94 Å². The monoisotopic (exact) mass is 371 g/mol. The zero-order valence-electron chi connectivity index (χ0n) is 17.0. The molecule has 25 heavy (non-hydrogen) atoms. The Kier molecular flexibility index (Phi) is 8.96. The van der Waals surface area contributed by atoms with Gasteiger partial charge in [-0.25, -0.2) is 0 Å². The van der Waals surface area contributed by atoms with Crippen molar-refractivity contribution in [3.63, 3.8) is 0 Å². The van der Waals surface area contributed by atoms with E-state index < -0.39 is 7.94 Å². The van der Waals surface area contributed by atoms with Crippen LogP contribution in [0.4, 0.5) is 0 Å². The fourth-order valence-electron chi connectivity index (χ4n) is 2.75. The molecule has 1 rings (SSSR count). The van der Waals surface area contributed by atoms with E-state index in [0.717, 1.165) is 5.56 Å². The first kappa shape index (κ1) is 22.5. The molecule has 0 aliphatic heterocycles. The molecule has 0 aromatic heterocycles. The van der Waals surface area contributed by atoms with Crippen molar-refractivity contribution in [1.29, 1.82) is 0 Å². The molecule has 1 aromatic carbocycles. The smallest absolute Gasteiger partial charge is 0.190 e. The molecule has 0 saturated heterocycles. The Balaban J connectivity index is 3.11. The average molecular weight is 371 g/mol. The van der Waals surface area contributed by atoms with Gasteiger partial charge in [0.2, 0.25) is 0 Å². The number of hydroxylamine groups is 4. The fraction of sp³-hybridized carbons (Fsp3) is 0.684. The molecule has 1 aromatic rings. The third kappa shape index (κ3) is 7.30. The van der Waals surface area contributed by atoms with Gasteiger partial charge in [0.25, 0.3) is 0 Å². The topological polar surface area (TPSA) is 45.2 Å². The number of hydrogen-bond donors (Lipinski definition) is 1. The van der Waals surface area contributed by atoms with Crippen LogP contribution < -0.4 is 0 Å². The van der Waals surface area contributed by atoms with E-state index in [0.29, 0.717) is 6.16 Å². The molecule has 0 aliphatic carbocycles. The summed E-state index contributed by atoms with van der Waals surface area (Å²) in [5, 5.41) is 3.66. The second-order valence-corrected chi connectivity index (χ2v) is 9.46. The van der Waals surface area contributed by atoms with Crippen LogP contribution in [0, 0.1) is 0 Å². The third-order valence-electron chi connectivity index (χ3n) is 3.70. The van der Waals surface area contributed by atoms with E-state index >= 15 is 0 Å². The Morgan fingerprint density at radius 2 is 1.12 bits per heavy atom. The highest BCUT2D eigenvalue weighted by Gasteiger charge is 2.49. The van der Waals surface area contributed by atoms with Crippen LogP contribution in [0.25, 0.3) is 0 Å². The molecule has 144 valence electrons. The minimum absolute atomic E-state index is 0.137. The summed E-state index contributed by atoms with van der Waals surface area (Å²) in [5.74, 6) is 0. The molecule has 0 amide bonds. The first-order chi connectivity index (χ1) is 11.6. The van der Waals surface area contributed by atoms with Crippen LogP contribution in [0.3, 0.4) is 0 Å². The summed E-state index contributed by atoms with van der Waals surface area (Å²) in [6.45, 7) is 16.4. The molecule has 0 heterocycles. The highest BCUT2D eigenvalue weighted by atomic mass is 31.2. The van der Waals surface area contributed by atoms with Crippen molar-refractivity contribution in [2.45, 2.75) is 85.7 Å². The van der Waals surface area contributed by atoms with Crippen molar-refractivity contribution in [2.24, 2.45) is 0 Å². The highest BCUT2D eigenvalue weighted by molar-refractivity contribution is 7.59. The summed E-state index contributed by atoms with van der Waals surface area (Å²) in [5.41, 5.74) is 0.998. The Labute approximate surface area is 154 Å². The first-order valence-electron chi connectivity index (χ1n) is 9.16. The lowest BCUT2D eigenvalue weighted by atomic mass is 10.2. The molecular weight excluding hydrogens is 335 g/mol. The zero-order valence-corrected chi connectivity index (χ0v) is 17.9. The molecular formula is C19H36N2O3P+. The number of nitrogens with zero attached hydrogens (tertiary/aromatic N) is 2. The molecule has 5 nitrogen and oxygen atoms in total. The summed E-state index contributed by atoms with van der Waals surface area (Å²) in [6.07, 6.45) is 0.347. The van der Waals surface area contributed by atoms with Gasteiger partial charge in [-0.3, -0.25) is 0 Å². The van der Waals surface area contributed by atoms with Crippen molar-refractivity contribution in [1.82, 2.24) is 10.1 Å². The number of rotatable bonds is 10. The Morgan fingerprint density at radius 3 is 1.44 bits per heavy atom. The highest BCUT2D eigenvalue weighted by Crippen LogP contribution is 2.61. The predicted molar refractivity (Wildman–Crippen MR) is 106 cm³/mol. The molecule has 0 spiro atoms. The molecule has 6 heteroatoms. The Bertz CT molecular complexity index is 457. The van der Waals surface area contributed by atoms with Gasteiger partial charge in [-0.15, -0.1) is 10.1 Å². The summed E-state index contributed by atoms with van der Waals surface area (Å²) < 4.78 is 12.3. The predicted octanol–water partition coefficient (Wildman–Crippen LogP) is 5.04. The zero-order chi connectivity index (χ0) is 19.2. The van der Waals surface area contributed by atoms with Gasteiger partial charge in [0.1, 0.15) is 0 Å². The third-order valence-corrected chi connectivity index (χ3v) is 5.36. The quantitative estimate of drug-likeness (QED) is 0.461. The average Bonchev–Trinajstić information content (AvgIpc) is 2.50. The van der Waals surface area contributed by atoms with Crippen molar-refractivity contribution in [2.75, 3.05) is 0 Å². The molecule has 0 fully saturated rings. The maximum atomic E-state index is 11.4. The Morgan fingerprint density at radius 1 is 0.760 bits per heavy atom. The van der Waals surface area contributed by atoms with Crippen molar-refractivity contribution in [3.05, 3.63) is 35.9 Å². The fourth-order valence-corrected chi connectivity index (χ4v) is 4.91. The summed E-state index contributed by atoms with van der Waals surface area (Å²) in [6, 6.07) is 10.4. The second kappa shape index (κ2) is 9.96.